The lowest BCUT2D eigenvalue weighted by Crippen LogP contribution is -2.25. The Morgan fingerprint density at radius 3 is 2.94 bits per heavy atom. The molecule has 0 aromatic carbocycles. The third-order valence-electron chi connectivity index (χ3n) is 2.31. The SMILES string of the molecule is CCNc1nnc(CN2CCCS2(=O)=O)s1. The third-order valence-corrected chi connectivity index (χ3v) is 5.08. The lowest BCUT2D eigenvalue weighted by atomic mass is 10.5. The average Bonchev–Trinajstić information content (AvgIpc) is 2.76. The van der Waals surface area contributed by atoms with Gasteiger partial charge in [-0.15, -0.1) is 10.2 Å². The largest absolute Gasteiger partial charge is 0.360 e. The summed E-state index contributed by atoms with van der Waals surface area (Å²) in [7, 11) is -3.04. The maximum Gasteiger partial charge on any atom is 0.214 e. The Balaban J connectivity index is 2.03. The van der Waals surface area contributed by atoms with Crippen LogP contribution in [-0.4, -0.2) is 41.8 Å². The van der Waals surface area contributed by atoms with Gasteiger partial charge in [-0.2, -0.15) is 4.31 Å². The molecule has 1 aromatic heterocycles. The van der Waals surface area contributed by atoms with E-state index >= 15 is 0 Å². The summed E-state index contributed by atoms with van der Waals surface area (Å²) in [6.45, 7) is 3.71. The predicted molar refractivity (Wildman–Crippen MR) is 62.9 cm³/mol. The van der Waals surface area contributed by atoms with Crippen LogP contribution in [0.3, 0.4) is 0 Å². The lowest BCUT2D eigenvalue weighted by molar-refractivity contribution is 0.437. The Hall–Kier alpha value is -0.730. The zero-order chi connectivity index (χ0) is 11.6. The van der Waals surface area contributed by atoms with Crippen molar-refractivity contribution in [1.29, 1.82) is 0 Å². The van der Waals surface area contributed by atoms with Gasteiger partial charge in [-0.1, -0.05) is 11.3 Å². The fourth-order valence-corrected chi connectivity index (χ4v) is 3.94. The first kappa shape index (κ1) is 11.7. The van der Waals surface area contributed by atoms with E-state index in [-0.39, 0.29) is 5.75 Å². The highest BCUT2D eigenvalue weighted by Gasteiger charge is 2.28. The molecule has 1 N–H and O–H groups in total. The molecule has 1 fully saturated rings. The van der Waals surface area contributed by atoms with Crippen LogP contribution in [0.25, 0.3) is 0 Å². The molecule has 0 atom stereocenters. The summed E-state index contributed by atoms with van der Waals surface area (Å²) in [6.07, 6.45) is 0.710. The third kappa shape index (κ3) is 2.50. The zero-order valence-electron chi connectivity index (χ0n) is 9.01. The van der Waals surface area contributed by atoms with Crippen LogP contribution in [-0.2, 0) is 16.6 Å². The fourth-order valence-electron chi connectivity index (χ4n) is 1.56. The highest BCUT2D eigenvalue weighted by Crippen LogP contribution is 2.21. The van der Waals surface area contributed by atoms with Crippen molar-refractivity contribution in [1.82, 2.24) is 14.5 Å². The molecule has 1 aromatic rings. The van der Waals surface area contributed by atoms with Gasteiger partial charge in [0.1, 0.15) is 5.01 Å². The predicted octanol–water partition coefficient (Wildman–Crippen LogP) is 0.505. The van der Waals surface area contributed by atoms with Crippen LogP contribution in [0, 0.1) is 0 Å². The maximum absolute atomic E-state index is 11.6. The second-order valence-electron chi connectivity index (χ2n) is 3.53. The molecule has 2 rings (SSSR count). The molecular formula is C8H14N4O2S2. The van der Waals surface area contributed by atoms with E-state index in [1.807, 2.05) is 6.92 Å². The smallest absolute Gasteiger partial charge is 0.214 e. The molecular weight excluding hydrogens is 248 g/mol. The van der Waals surface area contributed by atoms with Gasteiger partial charge in [0.25, 0.3) is 0 Å². The van der Waals surface area contributed by atoms with Gasteiger partial charge in [-0.25, -0.2) is 8.42 Å². The van der Waals surface area contributed by atoms with Crippen LogP contribution in [0.4, 0.5) is 5.13 Å². The summed E-state index contributed by atoms with van der Waals surface area (Å²) < 4.78 is 24.6. The molecule has 1 aliphatic heterocycles. The minimum Gasteiger partial charge on any atom is -0.360 e. The van der Waals surface area contributed by atoms with Gasteiger partial charge in [0.2, 0.25) is 15.2 Å². The molecule has 0 bridgehead atoms. The summed E-state index contributed by atoms with van der Waals surface area (Å²) in [5.41, 5.74) is 0. The van der Waals surface area contributed by atoms with Crippen LogP contribution in [0.5, 0.6) is 0 Å². The van der Waals surface area contributed by atoms with Crippen LogP contribution < -0.4 is 5.32 Å². The van der Waals surface area contributed by atoms with Crippen LogP contribution >= 0.6 is 11.3 Å². The Kier molecular flexibility index (Phi) is 3.41. The minimum atomic E-state index is -3.04. The monoisotopic (exact) mass is 262 g/mol. The van der Waals surface area contributed by atoms with Crippen LogP contribution in [0.15, 0.2) is 0 Å². The van der Waals surface area contributed by atoms with Gasteiger partial charge < -0.3 is 5.32 Å². The number of hydrogen-bond donors (Lipinski definition) is 1. The molecule has 1 aliphatic rings. The van der Waals surface area contributed by atoms with E-state index in [1.54, 1.807) is 0 Å². The first-order valence-corrected chi connectivity index (χ1v) is 7.58. The number of aromatic nitrogens is 2. The average molecular weight is 262 g/mol. The topological polar surface area (TPSA) is 75.2 Å². The van der Waals surface area contributed by atoms with Gasteiger partial charge >= 0.3 is 0 Å². The quantitative estimate of drug-likeness (QED) is 0.855. The molecule has 0 saturated carbocycles. The van der Waals surface area contributed by atoms with E-state index in [0.29, 0.717) is 19.5 Å². The van der Waals surface area contributed by atoms with Crippen molar-refractivity contribution in [3.63, 3.8) is 0 Å². The summed E-state index contributed by atoms with van der Waals surface area (Å²) in [5, 5.41) is 12.4. The van der Waals surface area contributed by atoms with E-state index in [4.69, 9.17) is 0 Å². The van der Waals surface area contributed by atoms with Crippen molar-refractivity contribution in [3.05, 3.63) is 5.01 Å². The van der Waals surface area contributed by atoms with Crippen molar-refractivity contribution < 1.29 is 8.42 Å². The van der Waals surface area contributed by atoms with Gasteiger partial charge in [0.15, 0.2) is 0 Å². The van der Waals surface area contributed by atoms with Crippen molar-refractivity contribution in [2.45, 2.75) is 19.9 Å². The molecule has 0 spiro atoms. The molecule has 6 nitrogen and oxygen atoms in total. The van der Waals surface area contributed by atoms with E-state index in [0.717, 1.165) is 16.7 Å². The molecule has 8 heteroatoms. The van der Waals surface area contributed by atoms with E-state index in [1.165, 1.54) is 15.6 Å². The first-order valence-electron chi connectivity index (χ1n) is 5.16. The normalized spacial score (nSPS) is 20.1. The van der Waals surface area contributed by atoms with Crippen molar-refractivity contribution in [2.24, 2.45) is 0 Å². The van der Waals surface area contributed by atoms with E-state index < -0.39 is 10.0 Å². The number of sulfonamides is 1. The summed E-state index contributed by atoms with van der Waals surface area (Å²) in [5.74, 6) is 0.256. The second kappa shape index (κ2) is 4.64. The van der Waals surface area contributed by atoms with Gasteiger partial charge in [0, 0.05) is 13.1 Å². The molecule has 0 amide bonds. The Morgan fingerprint density at radius 2 is 2.31 bits per heavy atom. The minimum absolute atomic E-state index is 0.256. The Bertz CT molecular complexity index is 456. The van der Waals surface area contributed by atoms with Crippen molar-refractivity contribution >= 4 is 26.5 Å². The number of nitrogens with zero attached hydrogens (tertiary/aromatic N) is 3. The molecule has 2 heterocycles. The van der Waals surface area contributed by atoms with E-state index in [9.17, 15) is 8.42 Å². The highest BCUT2D eigenvalue weighted by molar-refractivity contribution is 7.89. The van der Waals surface area contributed by atoms with Crippen molar-refractivity contribution in [2.75, 3.05) is 24.2 Å². The molecule has 0 aliphatic carbocycles. The van der Waals surface area contributed by atoms with Crippen LogP contribution in [0.1, 0.15) is 18.4 Å². The summed E-state index contributed by atoms with van der Waals surface area (Å²) in [6, 6.07) is 0. The second-order valence-corrected chi connectivity index (χ2v) is 6.68. The summed E-state index contributed by atoms with van der Waals surface area (Å²) in [4.78, 5) is 0. The van der Waals surface area contributed by atoms with Crippen molar-refractivity contribution in [3.8, 4) is 0 Å². The molecule has 0 unspecified atom stereocenters. The molecule has 0 radical (unpaired) electrons. The standard InChI is InChI=1S/C8H14N4O2S2/c1-2-9-8-11-10-7(15-8)6-12-4-3-5-16(12,13)14/h2-6H2,1H3,(H,9,11). The van der Waals surface area contributed by atoms with Gasteiger partial charge in [-0.05, 0) is 13.3 Å². The molecule has 90 valence electrons. The number of hydrogen-bond acceptors (Lipinski definition) is 6. The maximum atomic E-state index is 11.6. The fraction of sp³-hybridized carbons (Fsp3) is 0.750. The number of anilines is 1. The van der Waals surface area contributed by atoms with Crippen LogP contribution in [0.2, 0.25) is 0 Å². The Labute approximate surface area is 98.7 Å². The molecule has 16 heavy (non-hydrogen) atoms. The molecule has 1 saturated heterocycles. The van der Waals surface area contributed by atoms with E-state index in [2.05, 4.69) is 15.5 Å². The lowest BCUT2D eigenvalue weighted by Gasteiger charge is -2.10. The zero-order valence-corrected chi connectivity index (χ0v) is 10.6. The first-order chi connectivity index (χ1) is 7.62. The summed E-state index contributed by atoms with van der Waals surface area (Å²) >= 11 is 1.41. The Morgan fingerprint density at radius 1 is 1.50 bits per heavy atom. The number of nitrogens with one attached hydrogen (secondary N) is 1. The van der Waals surface area contributed by atoms with Gasteiger partial charge in [0.05, 0.1) is 12.3 Å². The van der Waals surface area contributed by atoms with Gasteiger partial charge in [-0.3, -0.25) is 0 Å². The highest BCUT2D eigenvalue weighted by atomic mass is 32.2. The number of rotatable bonds is 4.